The number of hydrogen-bond donors (Lipinski definition) is 1. The predicted octanol–water partition coefficient (Wildman–Crippen LogP) is 2.55. The van der Waals surface area contributed by atoms with Crippen molar-refractivity contribution in [2.75, 3.05) is 36.6 Å². The second-order valence-electron chi connectivity index (χ2n) is 7.36. The molecule has 2 fully saturated rings. The summed E-state index contributed by atoms with van der Waals surface area (Å²) in [4.78, 5) is 17.0. The molecule has 1 aromatic heterocycles. The zero-order valence-corrected chi connectivity index (χ0v) is 19.0. The maximum Gasteiger partial charge on any atom is 0.281 e. The third kappa shape index (κ3) is 4.23. The summed E-state index contributed by atoms with van der Waals surface area (Å²) in [5, 5.41) is 7.73. The summed E-state index contributed by atoms with van der Waals surface area (Å²) in [7, 11) is 3.52. The number of benzene rings is 1. The summed E-state index contributed by atoms with van der Waals surface area (Å²) in [6.45, 7) is 4.85. The van der Waals surface area contributed by atoms with Gasteiger partial charge in [-0.05, 0) is 42.9 Å². The molecule has 0 spiro atoms. The summed E-state index contributed by atoms with van der Waals surface area (Å²) >= 11 is 7.42. The lowest BCUT2D eigenvalue weighted by molar-refractivity contribution is -0.113. The lowest BCUT2D eigenvalue weighted by Crippen LogP contribution is -2.32. The first-order valence-corrected chi connectivity index (χ1v) is 11.4. The lowest BCUT2D eigenvalue weighted by Gasteiger charge is -2.26. The second kappa shape index (κ2) is 8.79. The van der Waals surface area contributed by atoms with E-state index in [0.29, 0.717) is 16.5 Å². The quantitative estimate of drug-likeness (QED) is 0.563. The van der Waals surface area contributed by atoms with E-state index < -0.39 is 0 Å². The van der Waals surface area contributed by atoms with Gasteiger partial charge in [-0.2, -0.15) is 16.9 Å². The van der Waals surface area contributed by atoms with Crippen LogP contribution in [0.5, 0.6) is 5.75 Å². The van der Waals surface area contributed by atoms with Gasteiger partial charge in [0.05, 0.1) is 18.5 Å². The van der Waals surface area contributed by atoms with Crippen LogP contribution in [0.1, 0.15) is 16.8 Å². The van der Waals surface area contributed by atoms with Crippen LogP contribution in [0.4, 0.5) is 5.69 Å². The Hall–Kier alpha value is -2.36. The molecule has 30 heavy (non-hydrogen) atoms. The molecule has 7 nitrogen and oxygen atoms in total. The fourth-order valence-electron chi connectivity index (χ4n) is 3.74. The summed E-state index contributed by atoms with van der Waals surface area (Å²) in [6, 6.07) is 6.00. The molecule has 1 aromatic carbocycles. The number of ether oxygens (including phenoxy) is 1. The number of nitrogens with zero attached hydrogens (tertiary/aromatic N) is 4. The van der Waals surface area contributed by atoms with Gasteiger partial charge in [-0.25, -0.2) is 4.90 Å². The number of anilines is 1. The molecule has 3 heterocycles. The first-order valence-electron chi connectivity index (χ1n) is 9.80. The molecule has 4 rings (SSSR count). The number of nitrogens with one attached hydrogen (secondary N) is 1. The van der Waals surface area contributed by atoms with Gasteiger partial charge < -0.3 is 10.1 Å². The lowest BCUT2D eigenvalue weighted by atomic mass is 10.1. The molecular weight excluding hydrogens is 418 g/mol. The zero-order valence-electron chi connectivity index (χ0n) is 17.3. The van der Waals surface area contributed by atoms with Gasteiger partial charge in [-0.15, -0.1) is 0 Å². The Balaban J connectivity index is 1.59. The van der Waals surface area contributed by atoms with E-state index in [4.69, 9.17) is 17.0 Å². The Labute approximate surface area is 186 Å². The summed E-state index contributed by atoms with van der Waals surface area (Å²) in [6.07, 6.45) is 3.64. The largest absolute Gasteiger partial charge is 0.496 e. The zero-order chi connectivity index (χ0) is 21.3. The summed E-state index contributed by atoms with van der Waals surface area (Å²) < 4.78 is 7.24. The number of carbonyl (C=O) groups excluding carboxylic acids is 1. The van der Waals surface area contributed by atoms with Gasteiger partial charge in [0.1, 0.15) is 11.4 Å². The van der Waals surface area contributed by atoms with Crippen LogP contribution in [-0.2, 0) is 18.4 Å². The van der Waals surface area contributed by atoms with Crippen molar-refractivity contribution < 1.29 is 9.53 Å². The molecule has 0 saturated carbocycles. The SMILES string of the molecule is COc1ccc(C=C2NC(=S)N(c3cn(C)nc3C)C2=O)cc1CN1CCSCC1. The molecule has 0 atom stereocenters. The highest BCUT2D eigenvalue weighted by Gasteiger charge is 2.34. The van der Waals surface area contributed by atoms with Gasteiger partial charge in [0.15, 0.2) is 5.11 Å². The van der Waals surface area contributed by atoms with E-state index in [9.17, 15) is 4.79 Å². The summed E-state index contributed by atoms with van der Waals surface area (Å²) in [5.41, 5.74) is 3.95. The van der Waals surface area contributed by atoms with Gasteiger partial charge in [0, 0.05) is 49.9 Å². The van der Waals surface area contributed by atoms with Crippen LogP contribution in [0.25, 0.3) is 6.08 Å². The van der Waals surface area contributed by atoms with E-state index in [2.05, 4.69) is 21.4 Å². The maximum atomic E-state index is 13.0. The van der Waals surface area contributed by atoms with Crippen molar-refractivity contribution in [1.29, 1.82) is 0 Å². The van der Waals surface area contributed by atoms with Crippen LogP contribution in [0.3, 0.4) is 0 Å². The first kappa shape index (κ1) is 20.9. The highest BCUT2D eigenvalue weighted by molar-refractivity contribution is 7.99. The summed E-state index contributed by atoms with van der Waals surface area (Å²) in [5.74, 6) is 3.00. The Bertz CT molecular complexity index is 1010. The third-order valence-corrected chi connectivity index (χ3v) is 6.45. The number of rotatable bonds is 5. The third-order valence-electron chi connectivity index (χ3n) is 5.22. The van der Waals surface area contributed by atoms with Crippen molar-refractivity contribution in [3.8, 4) is 5.75 Å². The smallest absolute Gasteiger partial charge is 0.281 e. The molecule has 2 aliphatic rings. The van der Waals surface area contributed by atoms with Gasteiger partial charge in [0.2, 0.25) is 0 Å². The Kier molecular flexibility index (Phi) is 6.12. The molecule has 2 aliphatic heterocycles. The highest BCUT2D eigenvalue weighted by atomic mass is 32.2. The van der Waals surface area contributed by atoms with E-state index in [0.717, 1.165) is 53.7 Å². The van der Waals surface area contributed by atoms with Crippen molar-refractivity contribution in [3.05, 3.63) is 46.9 Å². The fourth-order valence-corrected chi connectivity index (χ4v) is 5.01. The molecule has 158 valence electrons. The molecule has 0 unspecified atom stereocenters. The minimum atomic E-state index is -0.179. The minimum Gasteiger partial charge on any atom is -0.496 e. The van der Waals surface area contributed by atoms with Crippen LogP contribution in [-0.4, -0.2) is 57.4 Å². The Morgan fingerprint density at radius 2 is 2.10 bits per heavy atom. The molecule has 9 heteroatoms. The van der Waals surface area contributed by atoms with Gasteiger partial charge >= 0.3 is 0 Å². The van der Waals surface area contributed by atoms with Crippen molar-refractivity contribution in [2.24, 2.45) is 7.05 Å². The first-order chi connectivity index (χ1) is 14.5. The molecule has 2 aromatic rings. The van der Waals surface area contributed by atoms with Crippen LogP contribution in [0.15, 0.2) is 30.1 Å². The van der Waals surface area contributed by atoms with E-state index in [-0.39, 0.29) is 5.91 Å². The number of aryl methyl sites for hydroxylation is 2. The van der Waals surface area contributed by atoms with Gasteiger partial charge in [-0.1, -0.05) is 6.07 Å². The molecule has 0 radical (unpaired) electrons. The van der Waals surface area contributed by atoms with E-state index in [1.165, 1.54) is 4.90 Å². The number of thioether (sulfide) groups is 1. The maximum absolute atomic E-state index is 13.0. The number of aromatic nitrogens is 2. The predicted molar refractivity (Wildman–Crippen MR) is 125 cm³/mol. The highest BCUT2D eigenvalue weighted by Crippen LogP contribution is 2.27. The molecule has 1 amide bonds. The number of thiocarbonyl (C=S) groups is 1. The Morgan fingerprint density at radius 1 is 1.33 bits per heavy atom. The van der Waals surface area contributed by atoms with Crippen molar-refractivity contribution in [1.82, 2.24) is 20.0 Å². The monoisotopic (exact) mass is 443 g/mol. The fraction of sp³-hybridized carbons (Fsp3) is 0.381. The Morgan fingerprint density at radius 3 is 2.77 bits per heavy atom. The van der Waals surface area contributed by atoms with E-state index in [1.54, 1.807) is 18.0 Å². The molecule has 0 aliphatic carbocycles. The van der Waals surface area contributed by atoms with Gasteiger partial charge in [0.25, 0.3) is 5.91 Å². The topological polar surface area (TPSA) is 62.6 Å². The average Bonchev–Trinajstić information content (AvgIpc) is 3.19. The normalized spacial score (nSPS) is 18.9. The van der Waals surface area contributed by atoms with Crippen LogP contribution < -0.4 is 15.0 Å². The molecular formula is C21H25N5O2S2. The van der Waals surface area contributed by atoms with Crippen molar-refractivity contribution >= 4 is 46.8 Å². The van der Waals surface area contributed by atoms with Crippen molar-refractivity contribution in [3.63, 3.8) is 0 Å². The van der Waals surface area contributed by atoms with E-state index in [1.807, 2.05) is 43.9 Å². The number of hydrogen-bond acceptors (Lipinski definition) is 6. The standard InChI is InChI=1S/C21H25N5O2S2/c1-14-18(13-24(2)23-14)26-20(27)17(22-21(26)29)11-15-4-5-19(28-3)16(10-15)12-25-6-8-30-9-7-25/h4-5,10-11,13H,6-9,12H2,1-3H3,(H,22,29). The molecule has 1 N–H and O–H groups in total. The second-order valence-corrected chi connectivity index (χ2v) is 8.97. The number of carbonyl (C=O) groups is 1. The number of amides is 1. The van der Waals surface area contributed by atoms with Crippen molar-refractivity contribution in [2.45, 2.75) is 13.5 Å². The average molecular weight is 444 g/mol. The molecule has 2 saturated heterocycles. The van der Waals surface area contributed by atoms with Crippen LogP contribution in [0, 0.1) is 6.92 Å². The number of methoxy groups -OCH3 is 1. The minimum absolute atomic E-state index is 0.179. The van der Waals surface area contributed by atoms with Crippen LogP contribution >= 0.6 is 24.0 Å². The van der Waals surface area contributed by atoms with E-state index >= 15 is 0 Å². The molecule has 0 bridgehead atoms. The van der Waals surface area contributed by atoms with Gasteiger partial charge in [-0.3, -0.25) is 14.4 Å². The van der Waals surface area contributed by atoms with Crippen LogP contribution in [0.2, 0.25) is 0 Å².